The summed E-state index contributed by atoms with van der Waals surface area (Å²) in [6.07, 6.45) is 2.12. The van der Waals surface area contributed by atoms with Crippen LogP contribution in [0, 0.1) is 11.7 Å². The molecule has 1 aromatic heterocycles. The monoisotopic (exact) mass is 365 g/mol. The van der Waals surface area contributed by atoms with E-state index in [1.807, 2.05) is 12.1 Å². The van der Waals surface area contributed by atoms with Crippen molar-refractivity contribution in [2.45, 2.75) is 46.4 Å². The molecule has 0 saturated carbocycles. The van der Waals surface area contributed by atoms with Gasteiger partial charge >= 0.3 is 0 Å². The molecule has 1 N–H and O–H groups in total. The van der Waals surface area contributed by atoms with Crippen molar-refractivity contribution in [1.29, 1.82) is 0 Å². The highest BCUT2D eigenvalue weighted by atomic mass is 19.1. The molecule has 2 nitrogen and oxygen atoms in total. The van der Waals surface area contributed by atoms with Crippen LogP contribution in [0.3, 0.4) is 0 Å². The van der Waals surface area contributed by atoms with Crippen molar-refractivity contribution < 1.29 is 9.29 Å². The fraction of sp³-hybridized carbons (Fsp3) is 0.333. The maximum atomic E-state index is 13.2. The first-order valence-corrected chi connectivity index (χ1v) is 9.80. The number of quaternary nitrogens is 1. The van der Waals surface area contributed by atoms with Gasteiger partial charge < -0.3 is 9.47 Å². The van der Waals surface area contributed by atoms with Gasteiger partial charge in [-0.1, -0.05) is 56.3 Å². The molecule has 1 heterocycles. The number of hydrogen-bond acceptors (Lipinski definition) is 0. The van der Waals surface area contributed by atoms with Crippen molar-refractivity contribution in [3.63, 3.8) is 0 Å². The number of nitrogens with zero attached hydrogens (tertiary/aromatic N) is 1. The molecule has 3 aromatic rings. The summed E-state index contributed by atoms with van der Waals surface area (Å²) in [6.45, 7) is 9.71. The molecule has 0 radical (unpaired) electrons. The van der Waals surface area contributed by atoms with Gasteiger partial charge in [0, 0.05) is 24.2 Å². The smallest absolute Gasteiger partial charge is 0.123 e. The van der Waals surface area contributed by atoms with E-state index >= 15 is 0 Å². The van der Waals surface area contributed by atoms with E-state index in [4.69, 9.17) is 0 Å². The van der Waals surface area contributed by atoms with Gasteiger partial charge in [-0.2, -0.15) is 0 Å². The highest BCUT2D eigenvalue weighted by Crippen LogP contribution is 2.10. The molecule has 0 saturated heterocycles. The van der Waals surface area contributed by atoms with Crippen LogP contribution in [0.2, 0.25) is 0 Å². The van der Waals surface area contributed by atoms with Crippen LogP contribution in [-0.4, -0.2) is 10.6 Å². The van der Waals surface area contributed by atoms with Gasteiger partial charge in [0.25, 0.3) is 0 Å². The van der Waals surface area contributed by atoms with E-state index in [0.29, 0.717) is 12.0 Å². The van der Waals surface area contributed by atoms with Crippen molar-refractivity contribution in [2.75, 3.05) is 0 Å². The van der Waals surface area contributed by atoms with Gasteiger partial charge in [0.05, 0.1) is 11.7 Å². The van der Waals surface area contributed by atoms with Crippen molar-refractivity contribution in [3.05, 3.63) is 95.6 Å². The number of benzene rings is 2. The summed E-state index contributed by atoms with van der Waals surface area (Å²) in [5.41, 5.74) is 3.81. The third kappa shape index (κ3) is 5.30. The Morgan fingerprint density at radius 3 is 2.19 bits per heavy atom. The average molecular weight is 366 g/mol. The zero-order valence-electron chi connectivity index (χ0n) is 16.5. The number of halogens is 1. The second-order valence-electron chi connectivity index (χ2n) is 7.78. The molecule has 0 aliphatic heterocycles. The minimum atomic E-state index is -0.185. The largest absolute Gasteiger partial charge is 0.342 e. The summed E-state index contributed by atoms with van der Waals surface area (Å²) in [6, 6.07) is 22.4. The van der Waals surface area contributed by atoms with E-state index in [9.17, 15) is 4.39 Å². The van der Waals surface area contributed by atoms with Crippen LogP contribution >= 0.6 is 0 Å². The Hall–Kier alpha value is -2.39. The highest BCUT2D eigenvalue weighted by Gasteiger charge is 2.22. The molecule has 1 unspecified atom stereocenters. The van der Waals surface area contributed by atoms with Gasteiger partial charge in [0.1, 0.15) is 18.9 Å². The predicted octanol–water partition coefficient (Wildman–Crippen LogP) is 4.31. The zero-order chi connectivity index (χ0) is 19.2. The Morgan fingerprint density at radius 2 is 1.52 bits per heavy atom. The summed E-state index contributed by atoms with van der Waals surface area (Å²) >= 11 is 0. The fourth-order valence-electron chi connectivity index (χ4n) is 3.50. The molecule has 0 fully saturated rings. The lowest BCUT2D eigenvalue weighted by Crippen LogP contribution is -3.13. The van der Waals surface area contributed by atoms with Crippen LogP contribution in [0.4, 0.5) is 4.39 Å². The molecule has 0 aliphatic rings. The SMILES string of the molecule is CC(C)[C@H](C)[NH+](Cc1ccccc1)Cc1cccn1Cc1ccc(F)cc1. The predicted molar refractivity (Wildman–Crippen MR) is 109 cm³/mol. The first-order chi connectivity index (χ1) is 13.0. The molecule has 2 aromatic carbocycles. The van der Waals surface area contributed by atoms with Gasteiger partial charge in [0.15, 0.2) is 0 Å². The first kappa shape index (κ1) is 19.4. The Bertz CT molecular complexity index is 821. The summed E-state index contributed by atoms with van der Waals surface area (Å²) < 4.78 is 15.5. The van der Waals surface area contributed by atoms with Crippen LogP contribution in [0.5, 0.6) is 0 Å². The van der Waals surface area contributed by atoms with Crippen molar-refractivity contribution in [1.82, 2.24) is 4.57 Å². The second-order valence-corrected chi connectivity index (χ2v) is 7.78. The van der Waals surface area contributed by atoms with Gasteiger partial charge in [-0.25, -0.2) is 4.39 Å². The van der Waals surface area contributed by atoms with Gasteiger partial charge in [-0.05, 0) is 36.8 Å². The van der Waals surface area contributed by atoms with Crippen molar-refractivity contribution in [2.24, 2.45) is 5.92 Å². The van der Waals surface area contributed by atoms with E-state index < -0.39 is 0 Å². The van der Waals surface area contributed by atoms with Crippen LogP contribution in [0.25, 0.3) is 0 Å². The molecule has 2 atom stereocenters. The Kier molecular flexibility index (Phi) is 6.46. The zero-order valence-corrected chi connectivity index (χ0v) is 16.5. The first-order valence-electron chi connectivity index (χ1n) is 9.80. The molecule has 142 valence electrons. The summed E-state index contributed by atoms with van der Waals surface area (Å²) in [4.78, 5) is 1.57. The average Bonchev–Trinajstić information content (AvgIpc) is 3.10. The third-order valence-corrected chi connectivity index (χ3v) is 5.52. The summed E-state index contributed by atoms with van der Waals surface area (Å²) in [7, 11) is 0. The maximum absolute atomic E-state index is 13.2. The third-order valence-electron chi connectivity index (χ3n) is 5.52. The van der Waals surface area contributed by atoms with Crippen molar-refractivity contribution in [3.8, 4) is 0 Å². The lowest BCUT2D eigenvalue weighted by atomic mass is 10.0. The van der Waals surface area contributed by atoms with Crippen LogP contribution < -0.4 is 4.90 Å². The van der Waals surface area contributed by atoms with Gasteiger partial charge in [0.2, 0.25) is 0 Å². The molecule has 3 rings (SSSR count). The van der Waals surface area contributed by atoms with E-state index in [1.54, 1.807) is 4.90 Å². The lowest BCUT2D eigenvalue weighted by Gasteiger charge is -2.29. The van der Waals surface area contributed by atoms with E-state index in [2.05, 4.69) is 74.0 Å². The van der Waals surface area contributed by atoms with E-state index in [1.165, 1.54) is 23.4 Å². The number of hydrogen-bond donors (Lipinski definition) is 1. The van der Waals surface area contributed by atoms with Gasteiger partial charge in [-0.3, -0.25) is 0 Å². The van der Waals surface area contributed by atoms with Crippen LogP contribution in [0.1, 0.15) is 37.6 Å². The Balaban J connectivity index is 1.77. The summed E-state index contributed by atoms with van der Waals surface area (Å²) in [5.74, 6) is 0.431. The van der Waals surface area contributed by atoms with Crippen molar-refractivity contribution >= 4 is 0 Å². The topological polar surface area (TPSA) is 9.37 Å². The van der Waals surface area contributed by atoms with E-state index in [0.717, 1.165) is 25.2 Å². The fourth-order valence-corrected chi connectivity index (χ4v) is 3.50. The minimum absolute atomic E-state index is 0.185. The second kappa shape index (κ2) is 9.01. The number of nitrogens with one attached hydrogen (secondary N) is 1. The molecule has 0 bridgehead atoms. The van der Waals surface area contributed by atoms with E-state index in [-0.39, 0.29) is 5.82 Å². The molecule has 3 heteroatoms. The molecular formula is C24H30FN2+. The number of aromatic nitrogens is 1. The highest BCUT2D eigenvalue weighted by molar-refractivity contribution is 5.18. The Morgan fingerprint density at radius 1 is 0.815 bits per heavy atom. The normalized spacial score (nSPS) is 13.7. The molecule has 0 aliphatic carbocycles. The standard InChI is InChI=1S/C24H29FN2/c1-19(2)20(3)27(17-21-8-5-4-6-9-21)18-24-10-7-15-26(24)16-22-11-13-23(25)14-12-22/h4-15,19-20H,16-18H2,1-3H3/p+1/t20-/m0/s1. The molecular weight excluding hydrogens is 335 g/mol. The quantitative estimate of drug-likeness (QED) is 0.609. The molecule has 27 heavy (non-hydrogen) atoms. The molecule has 0 spiro atoms. The lowest BCUT2D eigenvalue weighted by molar-refractivity contribution is -0.954. The molecule has 0 amide bonds. The van der Waals surface area contributed by atoms with Gasteiger partial charge in [-0.15, -0.1) is 0 Å². The number of rotatable bonds is 8. The summed E-state index contributed by atoms with van der Waals surface area (Å²) in [5, 5.41) is 0. The van der Waals surface area contributed by atoms with Crippen LogP contribution in [0.15, 0.2) is 72.9 Å². The Labute approximate surface area is 162 Å². The minimum Gasteiger partial charge on any atom is -0.342 e. The van der Waals surface area contributed by atoms with Crippen LogP contribution in [-0.2, 0) is 19.6 Å². The maximum Gasteiger partial charge on any atom is 0.123 e.